The zero-order valence-electron chi connectivity index (χ0n) is 19.8. The number of nitrogens with one attached hydrogen (secondary N) is 1. The number of rotatable bonds is 9. The molecule has 2 heterocycles. The third kappa shape index (κ3) is 6.10. The van der Waals surface area contributed by atoms with Crippen molar-refractivity contribution < 1.29 is 17.6 Å². The molecule has 10 heteroatoms. The number of carbonyl (C=O) groups is 1. The lowest BCUT2D eigenvalue weighted by Crippen LogP contribution is -2.27. The summed E-state index contributed by atoms with van der Waals surface area (Å²) in [5.41, 5.74) is 2.91. The van der Waals surface area contributed by atoms with Crippen molar-refractivity contribution in [1.29, 1.82) is 0 Å². The SMILES string of the molecule is CCS(=O)(=O)c1ncc(N(Cc2ccc(C)cc2)Cc2ccco2)c(C(=O)Nc2ccc(Cl)cc2)n1. The maximum absolute atomic E-state index is 13.4. The Balaban J connectivity index is 1.78. The minimum Gasteiger partial charge on any atom is -0.467 e. The van der Waals surface area contributed by atoms with E-state index in [2.05, 4.69) is 15.3 Å². The Morgan fingerprint density at radius 2 is 1.78 bits per heavy atom. The van der Waals surface area contributed by atoms with Crippen LogP contribution in [-0.4, -0.2) is 30.0 Å². The number of carbonyl (C=O) groups excluding carboxylic acids is 1. The van der Waals surface area contributed by atoms with Crippen LogP contribution in [0.3, 0.4) is 0 Å². The van der Waals surface area contributed by atoms with Gasteiger partial charge in [0.1, 0.15) is 5.76 Å². The number of sulfone groups is 1. The number of aromatic nitrogens is 2. The maximum Gasteiger partial charge on any atom is 0.276 e. The molecule has 2 aromatic heterocycles. The molecule has 36 heavy (non-hydrogen) atoms. The quantitative estimate of drug-likeness (QED) is 0.297. The molecule has 0 saturated heterocycles. The second-order valence-corrected chi connectivity index (χ2v) is 10.8. The zero-order valence-corrected chi connectivity index (χ0v) is 21.4. The number of aryl methyl sites for hydroxylation is 1. The maximum atomic E-state index is 13.4. The minimum atomic E-state index is -3.75. The van der Waals surface area contributed by atoms with Crippen molar-refractivity contribution in [2.75, 3.05) is 16.0 Å². The third-order valence-electron chi connectivity index (χ3n) is 5.48. The smallest absolute Gasteiger partial charge is 0.276 e. The largest absolute Gasteiger partial charge is 0.467 e. The first kappa shape index (κ1) is 25.4. The number of halogens is 1. The van der Waals surface area contributed by atoms with Crippen LogP contribution in [0.1, 0.15) is 34.3 Å². The lowest BCUT2D eigenvalue weighted by atomic mass is 10.1. The molecule has 4 aromatic rings. The van der Waals surface area contributed by atoms with Crippen molar-refractivity contribution in [2.24, 2.45) is 0 Å². The van der Waals surface area contributed by atoms with Gasteiger partial charge in [-0.1, -0.05) is 48.4 Å². The molecule has 0 aliphatic carbocycles. The number of hydrogen-bond donors (Lipinski definition) is 1. The zero-order chi connectivity index (χ0) is 25.7. The Labute approximate surface area is 214 Å². The first-order valence-corrected chi connectivity index (χ1v) is 13.3. The monoisotopic (exact) mass is 524 g/mol. The highest BCUT2D eigenvalue weighted by atomic mass is 35.5. The van der Waals surface area contributed by atoms with Crippen LogP contribution < -0.4 is 10.2 Å². The molecule has 4 rings (SSSR count). The molecule has 0 saturated carbocycles. The normalized spacial score (nSPS) is 11.3. The Hall–Kier alpha value is -3.69. The van der Waals surface area contributed by atoms with Crippen molar-refractivity contribution in [3.63, 3.8) is 0 Å². The van der Waals surface area contributed by atoms with Gasteiger partial charge in [-0.2, -0.15) is 0 Å². The van der Waals surface area contributed by atoms with Gasteiger partial charge < -0.3 is 14.6 Å². The molecule has 1 amide bonds. The van der Waals surface area contributed by atoms with E-state index < -0.39 is 20.9 Å². The molecular weight excluding hydrogens is 500 g/mol. The summed E-state index contributed by atoms with van der Waals surface area (Å²) < 4.78 is 30.6. The molecule has 0 spiro atoms. The molecule has 1 N–H and O–H groups in total. The molecule has 0 aliphatic rings. The molecule has 186 valence electrons. The van der Waals surface area contributed by atoms with Crippen molar-refractivity contribution in [2.45, 2.75) is 32.1 Å². The highest BCUT2D eigenvalue weighted by Crippen LogP contribution is 2.26. The van der Waals surface area contributed by atoms with Crippen LogP contribution in [0.15, 0.2) is 82.7 Å². The Morgan fingerprint density at radius 3 is 2.42 bits per heavy atom. The van der Waals surface area contributed by atoms with E-state index in [0.29, 0.717) is 35.2 Å². The topological polar surface area (TPSA) is 105 Å². The van der Waals surface area contributed by atoms with Gasteiger partial charge in [-0.25, -0.2) is 18.4 Å². The molecular formula is C26H25ClN4O4S. The van der Waals surface area contributed by atoms with Gasteiger partial charge in [-0.15, -0.1) is 0 Å². The molecule has 0 unspecified atom stereocenters. The van der Waals surface area contributed by atoms with Gasteiger partial charge in [0.25, 0.3) is 5.91 Å². The van der Waals surface area contributed by atoms with Crippen LogP contribution in [0, 0.1) is 6.92 Å². The van der Waals surface area contributed by atoms with Crippen molar-refractivity contribution in [1.82, 2.24) is 9.97 Å². The van der Waals surface area contributed by atoms with Gasteiger partial charge in [0.2, 0.25) is 15.0 Å². The van der Waals surface area contributed by atoms with Crippen LogP contribution in [0.25, 0.3) is 0 Å². The Morgan fingerprint density at radius 1 is 1.06 bits per heavy atom. The van der Waals surface area contributed by atoms with Gasteiger partial charge in [0.05, 0.1) is 30.4 Å². The summed E-state index contributed by atoms with van der Waals surface area (Å²) in [6, 6.07) is 18.2. The summed E-state index contributed by atoms with van der Waals surface area (Å²) in [6.07, 6.45) is 2.95. The van der Waals surface area contributed by atoms with E-state index in [1.165, 1.54) is 13.1 Å². The molecule has 0 radical (unpaired) electrons. The number of benzene rings is 2. The van der Waals surface area contributed by atoms with E-state index >= 15 is 0 Å². The summed E-state index contributed by atoms with van der Waals surface area (Å²) >= 11 is 5.96. The van der Waals surface area contributed by atoms with Crippen LogP contribution in [0.4, 0.5) is 11.4 Å². The summed E-state index contributed by atoms with van der Waals surface area (Å²) in [5, 5.41) is 2.90. The van der Waals surface area contributed by atoms with Gasteiger partial charge >= 0.3 is 0 Å². The van der Waals surface area contributed by atoms with Crippen molar-refractivity contribution in [3.05, 3.63) is 101 Å². The van der Waals surface area contributed by atoms with E-state index in [-0.39, 0.29) is 11.4 Å². The number of hydrogen-bond acceptors (Lipinski definition) is 7. The number of anilines is 2. The number of furan rings is 1. The lowest BCUT2D eigenvalue weighted by molar-refractivity contribution is 0.102. The van der Waals surface area contributed by atoms with Gasteiger partial charge in [0.15, 0.2) is 5.69 Å². The first-order chi connectivity index (χ1) is 17.2. The second kappa shape index (κ2) is 10.9. The fourth-order valence-electron chi connectivity index (χ4n) is 3.49. The molecule has 0 atom stereocenters. The number of amides is 1. The van der Waals surface area contributed by atoms with E-state index in [9.17, 15) is 13.2 Å². The minimum absolute atomic E-state index is 0.0642. The standard InChI is InChI=1S/C26H25ClN4O4S/c1-3-36(33,34)26-28-15-23(24(30-26)25(32)29-21-12-10-20(27)11-13-21)31(17-22-5-4-14-35-22)16-19-8-6-18(2)7-9-19/h4-15H,3,16-17H2,1-2H3,(H,29,32). The van der Waals surface area contributed by atoms with Crippen LogP contribution in [0.2, 0.25) is 5.02 Å². The number of nitrogens with zero attached hydrogens (tertiary/aromatic N) is 3. The summed E-state index contributed by atoms with van der Waals surface area (Å²) in [6.45, 7) is 4.22. The Kier molecular flexibility index (Phi) is 7.71. The van der Waals surface area contributed by atoms with E-state index in [4.69, 9.17) is 16.0 Å². The highest BCUT2D eigenvalue weighted by Gasteiger charge is 2.25. The van der Waals surface area contributed by atoms with Crippen LogP contribution >= 0.6 is 11.6 Å². The van der Waals surface area contributed by atoms with Crippen molar-refractivity contribution in [3.8, 4) is 0 Å². The summed E-state index contributed by atoms with van der Waals surface area (Å²) in [5.74, 6) is -0.101. The average Bonchev–Trinajstić information content (AvgIpc) is 3.39. The van der Waals surface area contributed by atoms with E-state index in [1.807, 2.05) is 42.2 Å². The fourth-order valence-corrected chi connectivity index (χ4v) is 4.32. The van der Waals surface area contributed by atoms with Gasteiger partial charge in [0, 0.05) is 17.3 Å². The molecule has 2 aromatic carbocycles. The fraction of sp³-hybridized carbons (Fsp3) is 0.192. The third-order valence-corrected chi connectivity index (χ3v) is 7.25. The predicted molar refractivity (Wildman–Crippen MR) is 139 cm³/mol. The average molecular weight is 525 g/mol. The summed E-state index contributed by atoms with van der Waals surface area (Å²) in [7, 11) is -3.75. The molecule has 8 nitrogen and oxygen atoms in total. The van der Waals surface area contributed by atoms with Crippen LogP contribution in [0.5, 0.6) is 0 Å². The second-order valence-electron chi connectivity index (χ2n) is 8.17. The van der Waals surface area contributed by atoms with Crippen LogP contribution in [-0.2, 0) is 22.9 Å². The lowest BCUT2D eigenvalue weighted by Gasteiger charge is -2.25. The predicted octanol–water partition coefficient (Wildman–Crippen LogP) is 5.28. The van der Waals surface area contributed by atoms with Crippen molar-refractivity contribution >= 4 is 38.7 Å². The molecule has 0 bridgehead atoms. The van der Waals surface area contributed by atoms with E-state index in [0.717, 1.165) is 11.1 Å². The summed E-state index contributed by atoms with van der Waals surface area (Å²) in [4.78, 5) is 23.6. The Bertz CT molecular complexity index is 1440. The molecule has 0 fully saturated rings. The highest BCUT2D eigenvalue weighted by molar-refractivity contribution is 7.91. The first-order valence-electron chi connectivity index (χ1n) is 11.2. The van der Waals surface area contributed by atoms with Gasteiger partial charge in [-0.05, 0) is 48.9 Å². The molecule has 0 aliphatic heterocycles. The van der Waals surface area contributed by atoms with Gasteiger partial charge in [-0.3, -0.25) is 4.79 Å². The van der Waals surface area contributed by atoms with E-state index in [1.54, 1.807) is 36.6 Å².